The Balaban J connectivity index is 1.49. The number of carbonyl (C=O) groups excluding carboxylic acids is 2. The normalized spacial score (nSPS) is 16.0. The Hall–Kier alpha value is -2.38. The smallest absolute Gasteiger partial charge is 0.242 e. The summed E-state index contributed by atoms with van der Waals surface area (Å²) in [5.74, 6) is 1.01. The number of hydrogen-bond donors (Lipinski definition) is 1. The third-order valence-corrected chi connectivity index (χ3v) is 6.61. The summed E-state index contributed by atoms with van der Waals surface area (Å²) in [6.45, 7) is 7.92. The van der Waals surface area contributed by atoms with Gasteiger partial charge in [-0.3, -0.25) is 14.5 Å². The van der Waals surface area contributed by atoms with Gasteiger partial charge in [-0.05, 0) is 41.2 Å². The Morgan fingerprint density at radius 3 is 2.34 bits per heavy atom. The maximum absolute atomic E-state index is 12.5. The van der Waals surface area contributed by atoms with Crippen LogP contribution in [-0.2, 0) is 16.1 Å². The van der Waals surface area contributed by atoms with Crippen LogP contribution in [0.25, 0.3) is 11.1 Å². The highest BCUT2D eigenvalue weighted by Crippen LogP contribution is 2.30. The maximum Gasteiger partial charge on any atom is 0.242 e. The Bertz CT molecular complexity index is 943. The fourth-order valence-electron chi connectivity index (χ4n) is 3.38. The molecule has 0 spiro atoms. The van der Waals surface area contributed by atoms with Crippen molar-refractivity contribution in [1.29, 1.82) is 0 Å². The van der Waals surface area contributed by atoms with E-state index in [0.29, 0.717) is 23.3 Å². The van der Waals surface area contributed by atoms with Crippen LogP contribution in [-0.4, -0.2) is 39.4 Å². The number of nitrogens with one attached hydrogen (secondary N) is 1. The van der Waals surface area contributed by atoms with E-state index in [9.17, 15) is 9.59 Å². The van der Waals surface area contributed by atoms with Crippen LogP contribution >= 0.6 is 24.0 Å². The molecule has 170 valence electrons. The zero-order valence-electron chi connectivity index (χ0n) is 18.8. The molecule has 0 bridgehead atoms. The molecular formula is C25H30N2O3S2. The number of benzene rings is 2. The predicted molar refractivity (Wildman–Crippen MR) is 135 cm³/mol. The van der Waals surface area contributed by atoms with Gasteiger partial charge in [0.1, 0.15) is 10.1 Å². The number of ether oxygens (including phenoxy) is 1. The van der Waals surface area contributed by atoms with Crippen LogP contribution in [0.4, 0.5) is 0 Å². The van der Waals surface area contributed by atoms with Crippen LogP contribution in [0.1, 0.15) is 39.2 Å². The molecular weight excluding hydrogens is 440 g/mol. The van der Waals surface area contributed by atoms with Gasteiger partial charge in [-0.2, -0.15) is 0 Å². The summed E-state index contributed by atoms with van der Waals surface area (Å²) in [6.07, 6.45) is 1.13. The molecule has 1 unspecified atom stereocenters. The average molecular weight is 471 g/mol. The van der Waals surface area contributed by atoms with Gasteiger partial charge < -0.3 is 10.1 Å². The van der Waals surface area contributed by atoms with Crippen LogP contribution in [0, 0.1) is 5.92 Å². The van der Waals surface area contributed by atoms with Crippen molar-refractivity contribution < 1.29 is 14.3 Å². The third kappa shape index (κ3) is 6.56. The van der Waals surface area contributed by atoms with Crippen LogP contribution < -0.4 is 10.1 Å². The summed E-state index contributed by atoms with van der Waals surface area (Å²) in [5, 5.41) is 2.50. The van der Waals surface area contributed by atoms with E-state index in [1.165, 1.54) is 11.8 Å². The summed E-state index contributed by atoms with van der Waals surface area (Å²) in [7, 11) is 0. The lowest BCUT2D eigenvalue weighted by atomic mass is 10.0. The van der Waals surface area contributed by atoms with Crippen molar-refractivity contribution in [2.45, 2.75) is 45.4 Å². The molecule has 2 aromatic rings. The number of amides is 2. The average Bonchev–Trinajstić information content (AvgIpc) is 3.04. The summed E-state index contributed by atoms with van der Waals surface area (Å²) >= 11 is 6.63. The summed E-state index contributed by atoms with van der Waals surface area (Å²) in [6, 6.07) is 16.2. The molecule has 0 aromatic heterocycles. The molecule has 32 heavy (non-hydrogen) atoms. The first kappa shape index (κ1) is 24.3. The molecule has 1 heterocycles. The number of hydrogen-bond acceptors (Lipinski definition) is 5. The Kier molecular flexibility index (Phi) is 8.70. The van der Waals surface area contributed by atoms with Crippen LogP contribution in [0.15, 0.2) is 48.5 Å². The second-order valence-corrected chi connectivity index (χ2v) is 10.1. The number of thiocarbonyl (C=S) groups is 1. The van der Waals surface area contributed by atoms with E-state index >= 15 is 0 Å². The Labute approximate surface area is 199 Å². The first-order valence-electron chi connectivity index (χ1n) is 11.0. The highest BCUT2D eigenvalue weighted by Gasteiger charge is 2.38. The lowest BCUT2D eigenvalue weighted by molar-refractivity contribution is -0.129. The standard InChI is InChI=1S/C25H30N2O3S2/c1-4-13-30-21-11-9-20(10-12-21)19-7-5-18(6-8-19)15-26-23(28)14-22-24(29)27(16-17(2)3)25(31)32-22/h5-12,17,22H,4,13-16H2,1-3H3,(H,26,28). The highest BCUT2D eigenvalue weighted by atomic mass is 32.2. The summed E-state index contributed by atoms with van der Waals surface area (Å²) in [4.78, 5) is 26.6. The van der Waals surface area contributed by atoms with Gasteiger partial charge in [-0.15, -0.1) is 0 Å². The molecule has 1 atom stereocenters. The van der Waals surface area contributed by atoms with E-state index < -0.39 is 5.25 Å². The topological polar surface area (TPSA) is 58.6 Å². The number of thioether (sulfide) groups is 1. The molecule has 1 saturated heterocycles. The van der Waals surface area contributed by atoms with Gasteiger partial charge in [-0.1, -0.05) is 81.1 Å². The molecule has 2 aromatic carbocycles. The van der Waals surface area contributed by atoms with Crippen molar-refractivity contribution in [1.82, 2.24) is 10.2 Å². The van der Waals surface area contributed by atoms with Gasteiger partial charge in [0.05, 0.1) is 11.9 Å². The molecule has 1 aliphatic rings. The minimum atomic E-state index is -0.423. The lowest BCUT2D eigenvalue weighted by Gasteiger charge is -2.17. The molecule has 0 aliphatic carbocycles. The van der Waals surface area contributed by atoms with Crippen molar-refractivity contribution in [3.8, 4) is 16.9 Å². The molecule has 1 N–H and O–H groups in total. The van der Waals surface area contributed by atoms with Crippen LogP contribution in [0.5, 0.6) is 5.75 Å². The Morgan fingerprint density at radius 2 is 1.75 bits per heavy atom. The molecule has 1 fully saturated rings. The number of rotatable bonds is 10. The largest absolute Gasteiger partial charge is 0.494 e. The van der Waals surface area contributed by atoms with E-state index in [4.69, 9.17) is 17.0 Å². The van der Waals surface area contributed by atoms with E-state index in [1.807, 2.05) is 62.4 Å². The molecule has 0 saturated carbocycles. The first-order valence-corrected chi connectivity index (χ1v) is 12.3. The zero-order chi connectivity index (χ0) is 23.1. The van der Waals surface area contributed by atoms with Crippen molar-refractivity contribution >= 4 is 40.1 Å². The number of nitrogens with zero attached hydrogens (tertiary/aromatic N) is 1. The van der Waals surface area contributed by atoms with Crippen molar-refractivity contribution in [2.75, 3.05) is 13.2 Å². The van der Waals surface area contributed by atoms with Gasteiger partial charge in [0.25, 0.3) is 0 Å². The molecule has 7 heteroatoms. The van der Waals surface area contributed by atoms with Crippen molar-refractivity contribution in [2.24, 2.45) is 5.92 Å². The minimum absolute atomic E-state index is 0.0562. The first-order chi connectivity index (χ1) is 15.4. The quantitative estimate of drug-likeness (QED) is 0.494. The van der Waals surface area contributed by atoms with E-state index in [1.54, 1.807) is 4.90 Å². The molecule has 5 nitrogen and oxygen atoms in total. The molecule has 0 radical (unpaired) electrons. The fraction of sp³-hybridized carbons (Fsp3) is 0.400. The lowest BCUT2D eigenvalue weighted by Crippen LogP contribution is -2.36. The molecule has 1 aliphatic heterocycles. The van der Waals surface area contributed by atoms with E-state index in [-0.39, 0.29) is 18.2 Å². The van der Waals surface area contributed by atoms with Crippen LogP contribution in [0.3, 0.4) is 0 Å². The van der Waals surface area contributed by atoms with Gasteiger partial charge in [-0.25, -0.2) is 0 Å². The van der Waals surface area contributed by atoms with E-state index in [0.717, 1.165) is 35.5 Å². The van der Waals surface area contributed by atoms with Gasteiger partial charge in [0, 0.05) is 19.5 Å². The minimum Gasteiger partial charge on any atom is -0.494 e. The van der Waals surface area contributed by atoms with E-state index in [2.05, 4.69) is 12.2 Å². The molecule has 3 rings (SSSR count). The SMILES string of the molecule is CCCOc1ccc(-c2ccc(CNC(=O)CC3SC(=S)N(CC(C)C)C3=O)cc2)cc1. The predicted octanol–water partition coefficient (Wildman–Crippen LogP) is 5.03. The van der Waals surface area contributed by atoms with Crippen molar-refractivity contribution in [3.63, 3.8) is 0 Å². The fourth-order valence-corrected chi connectivity index (χ4v) is 4.89. The number of carbonyl (C=O) groups is 2. The van der Waals surface area contributed by atoms with Gasteiger partial charge >= 0.3 is 0 Å². The van der Waals surface area contributed by atoms with Gasteiger partial charge in [0.15, 0.2) is 0 Å². The third-order valence-electron chi connectivity index (χ3n) is 5.03. The van der Waals surface area contributed by atoms with Crippen molar-refractivity contribution in [3.05, 3.63) is 54.1 Å². The van der Waals surface area contributed by atoms with Crippen LogP contribution in [0.2, 0.25) is 0 Å². The zero-order valence-corrected chi connectivity index (χ0v) is 20.4. The second-order valence-electron chi connectivity index (χ2n) is 8.27. The monoisotopic (exact) mass is 470 g/mol. The van der Waals surface area contributed by atoms with Gasteiger partial charge in [0.2, 0.25) is 11.8 Å². The molecule has 2 amide bonds. The second kappa shape index (κ2) is 11.5. The summed E-state index contributed by atoms with van der Waals surface area (Å²) < 4.78 is 6.20. The highest BCUT2D eigenvalue weighted by molar-refractivity contribution is 8.24. The maximum atomic E-state index is 12.5. The Morgan fingerprint density at radius 1 is 1.12 bits per heavy atom. The summed E-state index contributed by atoms with van der Waals surface area (Å²) in [5.41, 5.74) is 3.23.